The second-order valence-electron chi connectivity index (χ2n) is 3.80. The number of carbonyl (C=O) groups excluding carboxylic acids is 1. The summed E-state index contributed by atoms with van der Waals surface area (Å²) in [5.41, 5.74) is 2.37. The van der Waals surface area contributed by atoms with Gasteiger partial charge in [0.25, 0.3) is 5.91 Å². The molecule has 1 amide bonds. The molecule has 2 rings (SSSR count). The van der Waals surface area contributed by atoms with Crippen LogP contribution in [0, 0.1) is 13.8 Å². The third kappa shape index (κ3) is 2.58. The van der Waals surface area contributed by atoms with Gasteiger partial charge in [0.15, 0.2) is 0 Å². The maximum atomic E-state index is 12.0. The van der Waals surface area contributed by atoms with Gasteiger partial charge in [-0.25, -0.2) is 0 Å². The Hall–Kier alpha value is -1.55. The molecule has 88 valence electrons. The highest BCUT2D eigenvalue weighted by molar-refractivity contribution is 9.10. The fourth-order valence-electron chi connectivity index (χ4n) is 1.54. The Balaban J connectivity index is 2.24. The Kier molecular flexibility index (Phi) is 3.33. The molecule has 0 saturated carbocycles. The zero-order valence-corrected chi connectivity index (χ0v) is 11.2. The summed E-state index contributed by atoms with van der Waals surface area (Å²) in [5, 5.41) is 2.87. The number of rotatable bonds is 2. The van der Waals surface area contributed by atoms with Crippen molar-refractivity contribution in [1.82, 2.24) is 0 Å². The molecule has 3 nitrogen and oxygen atoms in total. The van der Waals surface area contributed by atoms with E-state index in [1.54, 1.807) is 13.0 Å². The van der Waals surface area contributed by atoms with Crippen LogP contribution in [0.15, 0.2) is 39.4 Å². The van der Waals surface area contributed by atoms with E-state index < -0.39 is 0 Å². The molecule has 0 bridgehead atoms. The van der Waals surface area contributed by atoms with Crippen molar-refractivity contribution in [3.63, 3.8) is 0 Å². The third-order valence-electron chi connectivity index (χ3n) is 2.55. The lowest BCUT2D eigenvalue weighted by Crippen LogP contribution is -2.12. The number of halogens is 1. The summed E-state index contributed by atoms with van der Waals surface area (Å²) in [4.78, 5) is 12.0. The molecule has 0 atom stereocenters. The van der Waals surface area contributed by atoms with Crippen LogP contribution in [0.2, 0.25) is 0 Å². The van der Waals surface area contributed by atoms with Gasteiger partial charge in [0, 0.05) is 10.2 Å². The predicted octanol–water partition coefficient (Wildman–Crippen LogP) is 3.91. The lowest BCUT2D eigenvalue weighted by molar-refractivity contribution is 0.102. The molecule has 1 aromatic carbocycles. The zero-order chi connectivity index (χ0) is 12.4. The molecule has 1 N–H and O–H groups in total. The number of benzene rings is 1. The normalized spacial score (nSPS) is 10.3. The lowest BCUT2D eigenvalue weighted by atomic mass is 10.2. The number of hydrogen-bond acceptors (Lipinski definition) is 2. The van der Waals surface area contributed by atoms with Gasteiger partial charge in [-0.05, 0) is 37.6 Å². The van der Waals surface area contributed by atoms with Crippen molar-refractivity contribution in [3.05, 3.63) is 51.9 Å². The van der Waals surface area contributed by atoms with Crippen molar-refractivity contribution < 1.29 is 9.21 Å². The van der Waals surface area contributed by atoms with Crippen LogP contribution in [-0.4, -0.2) is 5.91 Å². The van der Waals surface area contributed by atoms with E-state index in [1.165, 1.54) is 6.26 Å². The minimum absolute atomic E-state index is 0.155. The quantitative estimate of drug-likeness (QED) is 0.912. The molecule has 0 aliphatic heterocycles. The Morgan fingerprint density at radius 3 is 2.71 bits per heavy atom. The van der Waals surface area contributed by atoms with Gasteiger partial charge >= 0.3 is 0 Å². The molecule has 1 aromatic heterocycles. The van der Waals surface area contributed by atoms with Crippen molar-refractivity contribution in [2.24, 2.45) is 0 Å². The highest BCUT2D eigenvalue weighted by Crippen LogP contribution is 2.21. The number of aryl methyl sites for hydroxylation is 2. The van der Waals surface area contributed by atoms with Gasteiger partial charge in [0.2, 0.25) is 0 Å². The van der Waals surface area contributed by atoms with Gasteiger partial charge in [-0.3, -0.25) is 4.79 Å². The molecule has 2 aromatic rings. The first-order valence-electron chi connectivity index (χ1n) is 5.19. The summed E-state index contributed by atoms with van der Waals surface area (Å²) in [6.45, 7) is 3.72. The monoisotopic (exact) mass is 293 g/mol. The lowest BCUT2D eigenvalue weighted by Gasteiger charge is -2.08. The number of nitrogens with one attached hydrogen (secondary N) is 1. The van der Waals surface area contributed by atoms with Crippen molar-refractivity contribution in [2.45, 2.75) is 13.8 Å². The van der Waals surface area contributed by atoms with E-state index in [0.29, 0.717) is 11.3 Å². The Labute approximate surface area is 108 Å². The van der Waals surface area contributed by atoms with Crippen LogP contribution in [0.3, 0.4) is 0 Å². The molecule has 0 unspecified atom stereocenters. The average Bonchev–Trinajstić information content (AvgIpc) is 2.70. The molecule has 0 fully saturated rings. The summed E-state index contributed by atoms with van der Waals surface area (Å²) in [6.07, 6.45) is 1.51. The van der Waals surface area contributed by atoms with Crippen LogP contribution in [0.5, 0.6) is 0 Å². The van der Waals surface area contributed by atoms with Crippen molar-refractivity contribution >= 4 is 27.5 Å². The number of hydrogen-bond donors (Lipinski definition) is 1. The van der Waals surface area contributed by atoms with E-state index in [9.17, 15) is 4.79 Å². The van der Waals surface area contributed by atoms with Crippen molar-refractivity contribution in [1.29, 1.82) is 0 Å². The Morgan fingerprint density at radius 2 is 2.06 bits per heavy atom. The first kappa shape index (κ1) is 11.9. The van der Waals surface area contributed by atoms with E-state index >= 15 is 0 Å². The van der Waals surface area contributed by atoms with Gasteiger partial charge in [0.05, 0.1) is 11.8 Å². The molecule has 0 aliphatic carbocycles. The number of anilines is 1. The van der Waals surface area contributed by atoms with Gasteiger partial charge in [0.1, 0.15) is 5.76 Å². The topological polar surface area (TPSA) is 42.2 Å². The molecule has 0 saturated heterocycles. The van der Waals surface area contributed by atoms with E-state index in [0.717, 1.165) is 15.7 Å². The second-order valence-corrected chi connectivity index (χ2v) is 4.72. The zero-order valence-electron chi connectivity index (χ0n) is 9.58. The fraction of sp³-hybridized carbons (Fsp3) is 0.154. The summed E-state index contributed by atoms with van der Waals surface area (Å²) in [5.74, 6) is 0.465. The van der Waals surface area contributed by atoms with Gasteiger partial charge in [-0.1, -0.05) is 22.0 Å². The van der Waals surface area contributed by atoms with E-state index in [-0.39, 0.29) is 5.91 Å². The highest BCUT2D eigenvalue weighted by atomic mass is 79.9. The molecule has 0 aliphatic rings. The van der Waals surface area contributed by atoms with Gasteiger partial charge in [-0.2, -0.15) is 0 Å². The largest absolute Gasteiger partial charge is 0.469 e. The van der Waals surface area contributed by atoms with Crippen molar-refractivity contribution in [3.8, 4) is 0 Å². The summed E-state index contributed by atoms with van der Waals surface area (Å²) in [6, 6.07) is 7.43. The van der Waals surface area contributed by atoms with Crippen LogP contribution in [0.4, 0.5) is 5.69 Å². The van der Waals surface area contributed by atoms with Gasteiger partial charge in [-0.15, -0.1) is 0 Å². The molecule has 1 heterocycles. The fourth-order valence-corrected chi connectivity index (χ4v) is 1.90. The van der Waals surface area contributed by atoms with Gasteiger partial charge < -0.3 is 9.73 Å². The number of furan rings is 1. The molecular formula is C13H12BrNO2. The average molecular weight is 294 g/mol. The number of amides is 1. The maximum Gasteiger partial charge on any atom is 0.259 e. The highest BCUT2D eigenvalue weighted by Gasteiger charge is 2.12. The first-order valence-corrected chi connectivity index (χ1v) is 5.99. The Bertz CT molecular complexity index is 560. The second kappa shape index (κ2) is 4.75. The van der Waals surface area contributed by atoms with Crippen LogP contribution in [0.25, 0.3) is 0 Å². The first-order chi connectivity index (χ1) is 8.08. The summed E-state index contributed by atoms with van der Waals surface area (Å²) >= 11 is 3.38. The van der Waals surface area contributed by atoms with Crippen LogP contribution in [0.1, 0.15) is 21.7 Å². The third-order valence-corrected chi connectivity index (χ3v) is 3.04. The van der Waals surface area contributed by atoms with Crippen LogP contribution < -0.4 is 5.32 Å². The molecule has 4 heteroatoms. The molecule has 0 spiro atoms. The molecular weight excluding hydrogens is 282 g/mol. The molecule has 0 radical (unpaired) electrons. The summed E-state index contributed by atoms with van der Waals surface area (Å²) < 4.78 is 6.04. The smallest absolute Gasteiger partial charge is 0.259 e. The van der Waals surface area contributed by atoms with E-state index in [2.05, 4.69) is 21.2 Å². The summed E-state index contributed by atoms with van der Waals surface area (Å²) in [7, 11) is 0. The standard InChI is InChI=1S/C13H12BrNO2/c1-8-3-4-10(14)7-12(8)15-13(16)11-5-6-17-9(11)2/h3-7H,1-2H3,(H,15,16). The number of carbonyl (C=O) groups is 1. The van der Waals surface area contributed by atoms with E-state index in [1.807, 2.05) is 25.1 Å². The Morgan fingerprint density at radius 1 is 1.29 bits per heavy atom. The minimum atomic E-state index is -0.155. The molecule has 17 heavy (non-hydrogen) atoms. The predicted molar refractivity (Wildman–Crippen MR) is 70.3 cm³/mol. The van der Waals surface area contributed by atoms with E-state index in [4.69, 9.17) is 4.42 Å². The SMILES string of the molecule is Cc1ccc(Br)cc1NC(=O)c1ccoc1C. The van der Waals surface area contributed by atoms with Crippen LogP contribution >= 0.6 is 15.9 Å². The van der Waals surface area contributed by atoms with Crippen molar-refractivity contribution in [2.75, 3.05) is 5.32 Å². The van der Waals surface area contributed by atoms with Crippen LogP contribution in [-0.2, 0) is 0 Å². The minimum Gasteiger partial charge on any atom is -0.469 e. The maximum absolute atomic E-state index is 12.0.